The number of rotatable bonds is 4. The Morgan fingerprint density at radius 2 is 2.09 bits per heavy atom. The molecule has 2 amide bonds. The van der Waals surface area contributed by atoms with Crippen molar-refractivity contribution in [3.05, 3.63) is 35.4 Å². The van der Waals surface area contributed by atoms with E-state index < -0.39 is 21.5 Å². The van der Waals surface area contributed by atoms with Crippen LogP contribution < -0.4 is 5.32 Å². The van der Waals surface area contributed by atoms with Crippen molar-refractivity contribution in [3.8, 4) is 0 Å². The zero-order valence-corrected chi connectivity index (χ0v) is 13.0. The van der Waals surface area contributed by atoms with Crippen LogP contribution in [0.3, 0.4) is 0 Å². The third kappa shape index (κ3) is 4.40. The maximum Gasteiger partial charge on any atom is 0.317 e. The van der Waals surface area contributed by atoms with Crippen LogP contribution in [0.2, 0.25) is 0 Å². The number of hydrogen-bond acceptors (Lipinski definition) is 3. The molecule has 122 valence electrons. The number of carbonyl (C=O) groups excluding carboxylic acids is 1. The average Bonchev–Trinajstić information content (AvgIpc) is 2.79. The van der Waals surface area contributed by atoms with E-state index in [-0.39, 0.29) is 30.0 Å². The predicted molar refractivity (Wildman–Crippen MR) is 78.0 cm³/mol. The highest BCUT2D eigenvalue weighted by Gasteiger charge is 2.28. The van der Waals surface area contributed by atoms with Gasteiger partial charge in [0.05, 0.1) is 11.5 Å². The molecule has 1 fully saturated rings. The summed E-state index contributed by atoms with van der Waals surface area (Å²) in [5, 5.41) is 2.66. The maximum absolute atomic E-state index is 13.1. The second-order valence-electron chi connectivity index (χ2n) is 5.56. The minimum atomic E-state index is -2.96. The van der Waals surface area contributed by atoms with Gasteiger partial charge in [-0.3, -0.25) is 0 Å². The molecule has 1 heterocycles. The summed E-state index contributed by atoms with van der Waals surface area (Å²) in [6.45, 7) is 0.423. The fraction of sp³-hybridized carbons (Fsp3) is 0.500. The Labute approximate surface area is 128 Å². The topological polar surface area (TPSA) is 66.5 Å². The third-order valence-electron chi connectivity index (χ3n) is 3.62. The predicted octanol–water partition coefficient (Wildman–Crippen LogP) is 1.54. The third-order valence-corrected chi connectivity index (χ3v) is 5.46. The zero-order chi connectivity index (χ0) is 16.3. The fourth-order valence-corrected chi connectivity index (χ4v) is 4.25. The normalized spacial score (nSPS) is 19.9. The smallest absolute Gasteiger partial charge is 0.317 e. The maximum atomic E-state index is 13.1. The molecule has 0 aliphatic carbocycles. The van der Waals surface area contributed by atoms with Crippen molar-refractivity contribution in [2.75, 3.05) is 25.1 Å². The quantitative estimate of drug-likeness (QED) is 0.909. The van der Waals surface area contributed by atoms with E-state index in [4.69, 9.17) is 0 Å². The number of sulfone groups is 1. The fourth-order valence-electron chi connectivity index (χ4n) is 2.38. The number of nitrogens with one attached hydrogen (secondary N) is 1. The standard InChI is InChI=1S/C14H18F2N2O3S/c1-18(8-10-2-3-12(15)13(16)6-10)14(19)17-7-11-4-5-22(20,21)9-11/h2-3,6,11H,4-5,7-9H2,1H3,(H,17,19). The molecule has 1 aromatic carbocycles. The summed E-state index contributed by atoms with van der Waals surface area (Å²) in [4.78, 5) is 13.2. The lowest BCUT2D eigenvalue weighted by Crippen LogP contribution is -2.39. The molecule has 1 saturated heterocycles. The molecular weight excluding hydrogens is 314 g/mol. The molecular formula is C14H18F2N2O3S. The van der Waals surface area contributed by atoms with E-state index >= 15 is 0 Å². The van der Waals surface area contributed by atoms with E-state index in [2.05, 4.69) is 5.32 Å². The molecule has 0 bridgehead atoms. The number of urea groups is 1. The van der Waals surface area contributed by atoms with Gasteiger partial charge in [-0.1, -0.05) is 6.07 Å². The molecule has 2 rings (SSSR count). The van der Waals surface area contributed by atoms with Crippen molar-refractivity contribution in [2.24, 2.45) is 5.92 Å². The molecule has 1 N–H and O–H groups in total. The Morgan fingerprint density at radius 3 is 2.68 bits per heavy atom. The van der Waals surface area contributed by atoms with Crippen molar-refractivity contribution in [1.29, 1.82) is 0 Å². The summed E-state index contributed by atoms with van der Waals surface area (Å²) in [5.74, 6) is -1.69. The second-order valence-corrected chi connectivity index (χ2v) is 7.79. The number of carbonyl (C=O) groups is 1. The van der Waals surface area contributed by atoms with Crippen molar-refractivity contribution in [1.82, 2.24) is 10.2 Å². The first-order chi connectivity index (χ1) is 10.3. The van der Waals surface area contributed by atoms with E-state index in [0.717, 1.165) is 12.1 Å². The monoisotopic (exact) mass is 332 g/mol. The Morgan fingerprint density at radius 1 is 1.36 bits per heavy atom. The van der Waals surface area contributed by atoms with Gasteiger partial charge in [0.1, 0.15) is 0 Å². The minimum Gasteiger partial charge on any atom is -0.338 e. The summed E-state index contributed by atoms with van der Waals surface area (Å²) < 4.78 is 48.6. The summed E-state index contributed by atoms with van der Waals surface area (Å²) >= 11 is 0. The molecule has 1 unspecified atom stereocenters. The van der Waals surface area contributed by atoms with Crippen LogP contribution >= 0.6 is 0 Å². The lowest BCUT2D eigenvalue weighted by molar-refractivity contribution is 0.205. The molecule has 1 aliphatic rings. The van der Waals surface area contributed by atoms with Crippen LogP contribution in [-0.2, 0) is 16.4 Å². The van der Waals surface area contributed by atoms with Crippen LogP contribution in [0.5, 0.6) is 0 Å². The first kappa shape index (κ1) is 16.7. The SMILES string of the molecule is CN(Cc1ccc(F)c(F)c1)C(=O)NCC1CCS(=O)(=O)C1. The van der Waals surface area contributed by atoms with Gasteiger partial charge in [-0.15, -0.1) is 0 Å². The number of benzene rings is 1. The Bertz CT molecular complexity index is 664. The Kier molecular flexibility index (Phi) is 5.00. The summed E-state index contributed by atoms with van der Waals surface area (Å²) in [6, 6.07) is 3.09. The summed E-state index contributed by atoms with van der Waals surface area (Å²) in [5.41, 5.74) is 0.472. The van der Waals surface area contributed by atoms with Crippen LogP contribution in [0.15, 0.2) is 18.2 Å². The van der Waals surface area contributed by atoms with Crippen molar-refractivity contribution < 1.29 is 22.0 Å². The zero-order valence-electron chi connectivity index (χ0n) is 12.2. The molecule has 1 atom stereocenters. The van der Waals surface area contributed by atoms with Gasteiger partial charge >= 0.3 is 6.03 Å². The number of hydrogen-bond donors (Lipinski definition) is 1. The van der Waals surface area contributed by atoms with E-state index in [1.807, 2.05) is 0 Å². The molecule has 8 heteroatoms. The van der Waals surface area contributed by atoms with Gasteiger partial charge in [0.25, 0.3) is 0 Å². The van der Waals surface area contributed by atoms with E-state index in [1.165, 1.54) is 18.0 Å². The van der Waals surface area contributed by atoms with Crippen LogP contribution in [0, 0.1) is 17.6 Å². The number of halogens is 2. The molecule has 1 aromatic rings. The second kappa shape index (κ2) is 6.60. The highest BCUT2D eigenvalue weighted by atomic mass is 32.2. The van der Waals surface area contributed by atoms with Gasteiger partial charge in [-0.2, -0.15) is 0 Å². The van der Waals surface area contributed by atoms with Gasteiger partial charge < -0.3 is 10.2 Å². The molecule has 5 nitrogen and oxygen atoms in total. The lowest BCUT2D eigenvalue weighted by atomic mass is 10.1. The van der Waals surface area contributed by atoms with Crippen LogP contribution in [0.4, 0.5) is 13.6 Å². The van der Waals surface area contributed by atoms with Gasteiger partial charge in [0, 0.05) is 20.1 Å². The Hall–Kier alpha value is -1.70. The summed E-state index contributed by atoms with van der Waals surface area (Å²) in [6.07, 6.45) is 0.551. The molecule has 1 aliphatic heterocycles. The van der Waals surface area contributed by atoms with Gasteiger partial charge in [0.2, 0.25) is 0 Å². The summed E-state index contributed by atoms with van der Waals surface area (Å²) in [7, 11) is -1.43. The van der Waals surface area contributed by atoms with Crippen LogP contribution in [-0.4, -0.2) is 44.4 Å². The highest BCUT2D eigenvalue weighted by molar-refractivity contribution is 7.91. The molecule has 22 heavy (non-hydrogen) atoms. The lowest BCUT2D eigenvalue weighted by Gasteiger charge is -2.19. The van der Waals surface area contributed by atoms with Crippen molar-refractivity contribution in [3.63, 3.8) is 0 Å². The van der Waals surface area contributed by atoms with Crippen LogP contribution in [0.25, 0.3) is 0 Å². The minimum absolute atomic E-state index is 0.0642. The number of nitrogens with zero attached hydrogens (tertiary/aromatic N) is 1. The van der Waals surface area contributed by atoms with Crippen molar-refractivity contribution >= 4 is 15.9 Å². The first-order valence-corrected chi connectivity index (χ1v) is 8.72. The van der Waals surface area contributed by atoms with Crippen LogP contribution in [0.1, 0.15) is 12.0 Å². The van der Waals surface area contributed by atoms with E-state index in [1.54, 1.807) is 0 Å². The van der Waals surface area contributed by atoms with Gasteiger partial charge in [0.15, 0.2) is 21.5 Å². The highest BCUT2D eigenvalue weighted by Crippen LogP contribution is 2.17. The number of amides is 2. The molecule has 0 saturated carbocycles. The molecule has 0 spiro atoms. The van der Waals surface area contributed by atoms with Gasteiger partial charge in [-0.05, 0) is 30.0 Å². The average molecular weight is 332 g/mol. The molecule has 0 aromatic heterocycles. The molecule has 0 radical (unpaired) electrons. The first-order valence-electron chi connectivity index (χ1n) is 6.90. The van der Waals surface area contributed by atoms with E-state index in [9.17, 15) is 22.0 Å². The largest absolute Gasteiger partial charge is 0.338 e. The van der Waals surface area contributed by atoms with E-state index in [0.29, 0.717) is 18.5 Å². The Balaban J connectivity index is 1.83. The van der Waals surface area contributed by atoms with Crippen molar-refractivity contribution in [2.45, 2.75) is 13.0 Å². The van der Waals surface area contributed by atoms with Gasteiger partial charge in [-0.25, -0.2) is 22.0 Å².